The van der Waals surface area contributed by atoms with Crippen molar-refractivity contribution in [2.75, 3.05) is 0 Å². The molecule has 1 heterocycles. The van der Waals surface area contributed by atoms with Crippen molar-refractivity contribution in [1.82, 2.24) is 10.3 Å². The van der Waals surface area contributed by atoms with Crippen LogP contribution in [0.25, 0.3) is 0 Å². The number of hydrogen-bond acceptors (Lipinski definition) is 3. The van der Waals surface area contributed by atoms with E-state index in [1.807, 2.05) is 13.8 Å². The molecule has 88 valence electrons. The first-order valence-corrected chi connectivity index (χ1v) is 5.06. The van der Waals surface area contributed by atoms with Gasteiger partial charge in [0, 0.05) is 12.7 Å². The number of rotatable bonds is 5. The van der Waals surface area contributed by atoms with Crippen molar-refractivity contribution in [3.63, 3.8) is 0 Å². The Bertz CT molecular complexity index is 369. The lowest BCUT2D eigenvalue weighted by atomic mass is 10.0. The van der Waals surface area contributed by atoms with Gasteiger partial charge in [-0.05, 0) is 17.5 Å². The van der Waals surface area contributed by atoms with E-state index in [9.17, 15) is 9.18 Å². The molecular weight excluding hydrogens is 211 g/mol. The molecule has 0 spiro atoms. The lowest BCUT2D eigenvalue weighted by Crippen LogP contribution is -2.40. The summed E-state index contributed by atoms with van der Waals surface area (Å²) in [5.41, 5.74) is 0.631. The molecule has 0 saturated carbocycles. The number of aliphatic carboxylic acids is 1. The van der Waals surface area contributed by atoms with Crippen molar-refractivity contribution in [1.29, 1.82) is 0 Å². The molecule has 1 rings (SSSR count). The first kappa shape index (κ1) is 12.6. The van der Waals surface area contributed by atoms with Gasteiger partial charge in [-0.3, -0.25) is 9.78 Å². The van der Waals surface area contributed by atoms with E-state index in [-0.39, 0.29) is 5.92 Å². The second kappa shape index (κ2) is 5.55. The summed E-state index contributed by atoms with van der Waals surface area (Å²) >= 11 is 0. The zero-order valence-electron chi connectivity index (χ0n) is 9.27. The summed E-state index contributed by atoms with van der Waals surface area (Å²) in [4.78, 5) is 14.6. The van der Waals surface area contributed by atoms with E-state index < -0.39 is 17.8 Å². The molecule has 4 nitrogen and oxygen atoms in total. The average Bonchev–Trinajstić information content (AvgIpc) is 2.16. The van der Waals surface area contributed by atoms with Gasteiger partial charge in [-0.25, -0.2) is 4.39 Å². The molecule has 0 aliphatic rings. The van der Waals surface area contributed by atoms with E-state index in [1.54, 1.807) is 0 Å². The molecule has 2 N–H and O–H groups in total. The zero-order chi connectivity index (χ0) is 12.1. The number of pyridine rings is 1. The van der Waals surface area contributed by atoms with Crippen LogP contribution in [0.1, 0.15) is 19.4 Å². The normalized spacial score (nSPS) is 12.8. The number of carboxylic acids is 1. The third-order valence-electron chi connectivity index (χ3n) is 2.22. The van der Waals surface area contributed by atoms with Crippen LogP contribution in [0.2, 0.25) is 0 Å². The van der Waals surface area contributed by atoms with Crippen LogP contribution in [0, 0.1) is 11.7 Å². The van der Waals surface area contributed by atoms with Crippen molar-refractivity contribution in [2.45, 2.75) is 26.4 Å². The molecule has 0 saturated heterocycles. The Hall–Kier alpha value is -1.49. The summed E-state index contributed by atoms with van der Waals surface area (Å²) in [6.07, 6.45) is 2.62. The molecule has 1 atom stereocenters. The van der Waals surface area contributed by atoms with Crippen molar-refractivity contribution in [3.8, 4) is 0 Å². The lowest BCUT2D eigenvalue weighted by molar-refractivity contribution is -0.140. The fraction of sp³-hybridized carbons (Fsp3) is 0.455. The van der Waals surface area contributed by atoms with Gasteiger partial charge in [-0.15, -0.1) is 0 Å². The molecule has 0 fully saturated rings. The van der Waals surface area contributed by atoms with Crippen LogP contribution in [0.15, 0.2) is 18.5 Å². The molecule has 0 radical (unpaired) electrons. The van der Waals surface area contributed by atoms with Crippen LogP contribution in [-0.4, -0.2) is 22.1 Å². The zero-order valence-corrected chi connectivity index (χ0v) is 9.27. The maximum atomic E-state index is 12.8. The van der Waals surface area contributed by atoms with Crippen LogP contribution in [0.4, 0.5) is 4.39 Å². The molecule has 0 bridgehead atoms. The van der Waals surface area contributed by atoms with Crippen molar-refractivity contribution < 1.29 is 14.3 Å². The molecule has 0 aromatic carbocycles. The Morgan fingerprint density at radius 1 is 1.56 bits per heavy atom. The summed E-state index contributed by atoms with van der Waals surface area (Å²) in [6, 6.07) is 0.697. The predicted octanol–water partition coefficient (Wildman–Crippen LogP) is 1.42. The van der Waals surface area contributed by atoms with Gasteiger partial charge in [0.2, 0.25) is 0 Å². The maximum absolute atomic E-state index is 12.8. The monoisotopic (exact) mass is 226 g/mol. The Labute approximate surface area is 93.5 Å². The summed E-state index contributed by atoms with van der Waals surface area (Å²) in [7, 11) is 0. The Kier molecular flexibility index (Phi) is 4.37. The number of carbonyl (C=O) groups is 1. The lowest BCUT2D eigenvalue weighted by Gasteiger charge is -2.17. The van der Waals surface area contributed by atoms with Crippen LogP contribution >= 0.6 is 0 Å². The van der Waals surface area contributed by atoms with E-state index in [1.165, 1.54) is 12.3 Å². The molecule has 0 aliphatic carbocycles. The maximum Gasteiger partial charge on any atom is 0.320 e. The van der Waals surface area contributed by atoms with Gasteiger partial charge >= 0.3 is 5.97 Å². The van der Waals surface area contributed by atoms with Gasteiger partial charge in [0.05, 0.1) is 6.20 Å². The first-order valence-electron chi connectivity index (χ1n) is 5.06. The molecule has 0 aliphatic heterocycles. The van der Waals surface area contributed by atoms with Crippen molar-refractivity contribution >= 4 is 5.97 Å². The van der Waals surface area contributed by atoms with Crippen LogP contribution < -0.4 is 5.32 Å². The minimum absolute atomic E-state index is 0.0287. The quantitative estimate of drug-likeness (QED) is 0.797. The Morgan fingerprint density at radius 2 is 2.25 bits per heavy atom. The third-order valence-corrected chi connectivity index (χ3v) is 2.22. The van der Waals surface area contributed by atoms with Crippen LogP contribution in [0.3, 0.4) is 0 Å². The van der Waals surface area contributed by atoms with E-state index in [2.05, 4.69) is 10.3 Å². The average molecular weight is 226 g/mol. The second-order valence-corrected chi connectivity index (χ2v) is 3.95. The van der Waals surface area contributed by atoms with Gasteiger partial charge in [0.25, 0.3) is 0 Å². The van der Waals surface area contributed by atoms with E-state index in [4.69, 9.17) is 5.11 Å². The topological polar surface area (TPSA) is 62.2 Å². The van der Waals surface area contributed by atoms with Crippen molar-refractivity contribution in [2.24, 2.45) is 5.92 Å². The summed E-state index contributed by atoms with van der Waals surface area (Å²) in [5.74, 6) is -1.35. The minimum Gasteiger partial charge on any atom is -0.480 e. The number of halogens is 1. The molecule has 1 aromatic heterocycles. The molecule has 0 amide bonds. The number of hydrogen-bond donors (Lipinski definition) is 2. The molecule has 1 aromatic rings. The Morgan fingerprint density at radius 3 is 2.75 bits per heavy atom. The first-order chi connectivity index (χ1) is 7.50. The Balaban J connectivity index is 2.59. The van der Waals surface area contributed by atoms with E-state index in [0.717, 1.165) is 6.20 Å². The number of carboxylic acid groups (broad SMARTS) is 1. The largest absolute Gasteiger partial charge is 0.480 e. The standard InChI is InChI=1S/C11H15FN2O2/c1-7(2)10(11(15)16)14-5-8-3-9(12)6-13-4-8/h3-4,6-7,10,14H,5H2,1-2H3,(H,15,16). The van der Waals surface area contributed by atoms with Crippen LogP contribution in [-0.2, 0) is 11.3 Å². The van der Waals surface area contributed by atoms with Gasteiger partial charge in [0.1, 0.15) is 11.9 Å². The van der Waals surface area contributed by atoms with Crippen LogP contribution in [0.5, 0.6) is 0 Å². The minimum atomic E-state index is -0.903. The summed E-state index contributed by atoms with van der Waals surface area (Å²) in [6.45, 7) is 3.92. The summed E-state index contributed by atoms with van der Waals surface area (Å²) in [5, 5.41) is 11.8. The van der Waals surface area contributed by atoms with Gasteiger partial charge in [-0.1, -0.05) is 13.8 Å². The van der Waals surface area contributed by atoms with E-state index >= 15 is 0 Å². The highest BCUT2D eigenvalue weighted by Crippen LogP contribution is 2.05. The third kappa shape index (κ3) is 3.58. The number of nitrogens with one attached hydrogen (secondary N) is 1. The van der Waals surface area contributed by atoms with Gasteiger partial charge in [0.15, 0.2) is 0 Å². The fourth-order valence-electron chi connectivity index (χ4n) is 1.39. The summed E-state index contributed by atoms with van der Waals surface area (Å²) < 4.78 is 12.8. The smallest absolute Gasteiger partial charge is 0.320 e. The predicted molar refractivity (Wildman–Crippen MR) is 57.3 cm³/mol. The van der Waals surface area contributed by atoms with Gasteiger partial charge < -0.3 is 10.4 Å². The van der Waals surface area contributed by atoms with E-state index in [0.29, 0.717) is 12.1 Å². The number of aromatic nitrogens is 1. The molecule has 16 heavy (non-hydrogen) atoms. The highest BCUT2D eigenvalue weighted by atomic mass is 19.1. The molecule has 1 unspecified atom stereocenters. The fourth-order valence-corrected chi connectivity index (χ4v) is 1.39. The van der Waals surface area contributed by atoms with Crippen molar-refractivity contribution in [3.05, 3.63) is 29.8 Å². The molecule has 5 heteroatoms. The highest BCUT2D eigenvalue weighted by molar-refractivity contribution is 5.73. The highest BCUT2D eigenvalue weighted by Gasteiger charge is 2.20. The second-order valence-electron chi connectivity index (χ2n) is 3.95. The SMILES string of the molecule is CC(C)C(NCc1cncc(F)c1)C(=O)O. The van der Waals surface area contributed by atoms with Gasteiger partial charge in [-0.2, -0.15) is 0 Å². The molecular formula is C11H15FN2O2. The number of nitrogens with zero attached hydrogens (tertiary/aromatic N) is 1.